The second-order valence-corrected chi connectivity index (χ2v) is 7.80. The highest BCUT2D eigenvalue weighted by atomic mass is 16.3. The van der Waals surface area contributed by atoms with Gasteiger partial charge in [-0.25, -0.2) is 0 Å². The zero-order valence-corrected chi connectivity index (χ0v) is 15.2. The Kier molecular flexibility index (Phi) is 4.82. The molecule has 1 amide bonds. The summed E-state index contributed by atoms with van der Waals surface area (Å²) in [5, 5.41) is 13.6. The Hall–Kier alpha value is -1.40. The second kappa shape index (κ2) is 7.08. The van der Waals surface area contributed by atoms with Crippen LogP contribution in [0, 0.1) is 5.92 Å². The second-order valence-electron chi connectivity index (χ2n) is 7.80. The van der Waals surface area contributed by atoms with Gasteiger partial charge in [0.05, 0.1) is 13.2 Å². The third-order valence-electron chi connectivity index (χ3n) is 6.17. The summed E-state index contributed by atoms with van der Waals surface area (Å²) in [4.78, 5) is 17.7. The van der Waals surface area contributed by atoms with Crippen molar-refractivity contribution in [2.24, 2.45) is 5.92 Å². The molecule has 0 spiro atoms. The highest BCUT2D eigenvalue weighted by Crippen LogP contribution is 2.38. The Bertz CT molecular complexity index is 625. The number of hydrogen-bond donors (Lipinski definition) is 1. The van der Waals surface area contributed by atoms with Crippen LogP contribution in [-0.4, -0.2) is 68.9 Å². The molecule has 25 heavy (non-hydrogen) atoms. The van der Waals surface area contributed by atoms with Crippen molar-refractivity contribution in [2.45, 2.75) is 64.1 Å². The molecule has 1 saturated carbocycles. The number of carbonyl (C=O) groups is 1. The summed E-state index contributed by atoms with van der Waals surface area (Å²) in [7, 11) is 0. The van der Waals surface area contributed by atoms with E-state index in [0.717, 1.165) is 37.7 Å². The van der Waals surface area contributed by atoms with Crippen molar-refractivity contribution in [3.8, 4) is 0 Å². The lowest BCUT2D eigenvalue weighted by atomic mass is 9.83. The van der Waals surface area contributed by atoms with Gasteiger partial charge in [0.15, 0.2) is 5.69 Å². The van der Waals surface area contributed by atoms with E-state index in [1.807, 2.05) is 11.0 Å². The number of aliphatic hydroxyl groups excluding tert-OH is 1. The zero-order valence-electron chi connectivity index (χ0n) is 15.2. The van der Waals surface area contributed by atoms with Gasteiger partial charge in [-0.05, 0) is 57.1 Å². The first-order valence-corrected chi connectivity index (χ1v) is 9.94. The Labute approximate surface area is 149 Å². The van der Waals surface area contributed by atoms with Crippen molar-refractivity contribution in [1.29, 1.82) is 0 Å². The number of likely N-dealkylation sites (tertiary alicyclic amines) is 2. The number of fused-ring (bicyclic) bond motifs is 1. The summed E-state index contributed by atoms with van der Waals surface area (Å²) >= 11 is 0. The molecule has 3 aliphatic rings. The van der Waals surface area contributed by atoms with E-state index in [1.54, 1.807) is 4.68 Å². The van der Waals surface area contributed by atoms with Gasteiger partial charge in [-0.15, -0.1) is 0 Å². The minimum Gasteiger partial charge on any atom is -0.394 e. The number of aliphatic hydroxyl groups is 1. The van der Waals surface area contributed by atoms with Crippen LogP contribution < -0.4 is 0 Å². The Morgan fingerprint density at radius 2 is 2.12 bits per heavy atom. The standard InChI is InChI=1S/C19H30N4O2/c1-2-15-12-17(20-23(15)10-11-24)19(25)21-9-7-18-14(13-21)4-3-8-22(18)16-5-6-16/h12,14,16,18,24H,2-11,13H2,1H3. The third kappa shape index (κ3) is 3.34. The normalized spacial score (nSPS) is 27.4. The average Bonchev–Trinajstić information content (AvgIpc) is 3.41. The molecule has 0 radical (unpaired) electrons. The Morgan fingerprint density at radius 3 is 2.84 bits per heavy atom. The molecule has 1 N–H and O–H groups in total. The molecule has 0 aromatic carbocycles. The highest BCUT2D eigenvalue weighted by Gasteiger charge is 2.42. The topological polar surface area (TPSA) is 61.6 Å². The van der Waals surface area contributed by atoms with E-state index in [4.69, 9.17) is 0 Å². The summed E-state index contributed by atoms with van der Waals surface area (Å²) in [5.74, 6) is 0.686. The van der Waals surface area contributed by atoms with E-state index in [2.05, 4.69) is 16.9 Å². The van der Waals surface area contributed by atoms with Crippen molar-refractivity contribution >= 4 is 5.91 Å². The van der Waals surface area contributed by atoms with E-state index in [1.165, 1.54) is 32.2 Å². The monoisotopic (exact) mass is 346 g/mol. The molecule has 4 rings (SSSR count). The van der Waals surface area contributed by atoms with Crippen LogP contribution in [0.1, 0.15) is 55.2 Å². The van der Waals surface area contributed by atoms with Crippen LogP contribution in [0.2, 0.25) is 0 Å². The van der Waals surface area contributed by atoms with Gasteiger partial charge in [-0.1, -0.05) is 6.92 Å². The SMILES string of the molecule is CCc1cc(C(=O)N2CCC3C(CCCN3C3CC3)C2)nn1CCO. The lowest BCUT2D eigenvalue weighted by molar-refractivity contribution is 0.0171. The predicted octanol–water partition coefficient (Wildman–Crippen LogP) is 1.53. The van der Waals surface area contributed by atoms with Crippen molar-refractivity contribution < 1.29 is 9.90 Å². The van der Waals surface area contributed by atoms with Crippen molar-refractivity contribution in [3.63, 3.8) is 0 Å². The van der Waals surface area contributed by atoms with E-state index in [9.17, 15) is 9.90 Å². The first-order chi connectivity index (χ1) is 12.2. The molecule has 0 bridgehead atoms. The minimum atomic E-state index is 0.0484. The van der Waals surface area contributed by atoms with Crippen LogP contribution in [0.15, 0.2) is 6.07 Å². The molecular weight excluding hydrogens is 316 g/mol. The summed E-state index contributed by atoms with van der Waals surface area (Å²) in [6, 6.07) is 3.42. The van der Waals surface area contributed by atoms with Gasteiger partial charge < -0.3 is 10.0 Å². The van der Waals surface area contributed by atoms with Crippen LogP contribution in [0.3, 0.4) is 0 Å². The summed E-state index contributed by atoms with van der Waals surface area (Å²) in [6.07, 6.45) is 7.18. The molecule has 6 nitrogen and oxygen atoms in total. The van der Waals surface area contributed by atoms with Gasteiger partial charge >= 0.3 is 0 Å². The van der Waals surface area contributed by atoms with E-state index < -0.39 is 0 Å². The molecule has 1 aromatic heterocycles. The average molecular weight is 346 g/mol. The van der Waals surface area contributed by atoms with Crippen LogP contribution >= 0.6 is 0 Å². The highest BCUT2D eigenvalue weighted by molar-refractivity contribution is 5.92. The van der Waals surface area contributed by atoms with Gasteiger partial charge in [-0.3, -0.25) is 14.4 Å². The summed E-state index contributed by atoms with van der Waals surface area (Å²) < 4.78 is 1.77. The number of nitrogens with zero attached hydrogens (tertiary/aromatic N) is 4. The largest absolute Gasteiger partial charge is 0.394 e. The van der Waals surface area contributed by atoms with Gasteiger partial charge in [0, 0.05) is 30.9 Å². The van der Waals surface area contributed by atoms with Crippen LogP contribution in [0.5, 0.6) is 0 Å². The number of aryl methyl sites for hydroxylation is 1. The third-order valence-corrected chi connectivity index (χ3v) is 6.17. The Balaban J connectivity index is 1.45. The van der Waals surface area contributed by atoms with Gasteiger partial charge in [0.1, 0.15) is 0 Å². The molecule has 1 aliphatic carbocycles. The zero-order chi connectivity index (χ0) is 17.4. The molecule has 6 heteroatoms. The molecule has 2 aliphatic heterocycles. The van der Waals surface area contributed by atoms with Crippen molar-refractivity contribution in [1.82, 2.24) is 19.6 Å². The van der Waals surface area contributed by atoms with E-state index >= 15 is 0 Å². The predicted molar refractivity (Wildman–Crippen MR) is 95.5 cm³/mol. The van der Waals surface area contributed by atoms with E-state index in [-0.39, 0.29) is 12.5 Å². The fourth-order valence-electron chi connectivity index (χ4n) is 4.78. The molecular formula is C19H30N4O2. The first-order valence-electron chi connectivity index (χ1n) is 9.94. The van der Waals surface area contributed by atoms with E-state index in [0.29, 0.717) is 24.2 Å². The van der Waals surface area contributed by atoms with Gasteiger partial charge in [0.2, 0.25) is 0 Å². The minimum absolute atomic E-state index is 0.0484. The quantitative estimate of drug-likeness (QED) is 0.878. The van der Waals surface area contributed by atoms with Crippen LogP contribution in [0.25, 0.3) is 0 Å². The molecule has 3 heterocycles. The summed E-state index contributed by atoms with van der Waals surface area (Å²) in [6.45, 7) is 5.53. The first kappa shape index (κ1) is 17.0. The van der Waals surface area contributed by atoms with Crippen LogP contribution in [0.4, 0.5) is 0 Å². The maximum absolute atomic E-state index is 13.0. The lowest BCUT2D eigenvalue weighted by Gasteiger charge is -2.47. The summed E-state index contributed by atoms with van der Waals surface area (Å²) in [5.41, 5.74) is 1.56. The van der Waals surface area contributed by atoms with Gasteiger partial charge in [-0.2, -0.15) is 5.10 Å². The molecule has 2 saturated heterocycles. The fraction of sp³-hybridized carbons (Fsp3) is 0.789. The van der Waals surface area contributed by atoms with Crippen molar-refractivity contribution in [2.75, 3.05) is 26.2 Å². The molecule has 1 aromatic rings. The molecule has 2 atom stereocenters. The maximum atomic E-state index is 13.0. The molecule has 138 valence electrons. The van der Waals surface area contributed by atoms with Crippen LogP contribution in [-0.2, 0) is 13.0 Å². The smallest absolute Gasteiger partial charge is 0.274 e. The van der Waals surface area contributed by atoms with Crippen molar-refractivity contribution in [3.05, 3.63) is 17.5 Å². The number of piperidine rings is 2. The number of carbonyl (C=O) groups excluding carboxylic acids is 1. The lowest BCUT2D eigenvalue weighted by Crippen LogP contribution is -2.55. The van der Waals surface area contributed by atoms with Gasteiger partial charge in [0.25, 0.3) is 5.91 Å². The number of aromatic nitrogens is 2. The number of amides is 1. The molecule has 3 fully saturated rings. The number of hydrogen-bond acceptors (Lipinski definition) is 4. The Morgan fingerprint density at radius 1 is 1.28 bits per heavy atom. The number of rotatable bonds is 5. The fourth-order valence-corrected chi connectivity index (χ4v) is 4.78. The molecule has 2 unspecified atom stereocenters. The maximum Gasteiger partial charge on any atom is 0.274 e.